The van der Waals surface area contributed by atoms with E-state index in [1.54, 1.807) is 22.9 Å². The first-order chi connectivity index (χ1) is 13.1. The molecule has 0 saturated heterocycles. The van der Waals surface area contributed by atoms with Crippen LogP contribution >= 0.6 is 0 Å². The van der Waals surface area contributed by atoms with E-state index in [1.165, 1.54) is 23.7 Å². The minimum atomic E-state index is -0.439. The van der Waals surface area contributed by atoms with Gasteiger partial charge in [0.25, 0.3) is 5.91 Å². The van der Waals surface area contributed by atoms with Gasteiger partial charge in [-0.05, 0) is 32.0 Å². The quantitative estimate of drug-likeness (QED) is 0.567. The highest BCUT2D eigenvalue weighted by Crippen LogP contribution is 2.11. The standard InChI is InChI=1S/C16H14N10O/c1-10-5-11(2)26(24-10)14-4-3-12(22-23-14)16(27)21-13-6-15(19-8-18-13)25-9-17-7-20-25/h3-9H,1-2H3,(H,18,19,21,27). The first kappa shape index (κ1) is 16.4. The van der Waals surface area contributed by atoms with E-state index >= 15 is 0 Å². The number of aromatic nitrogens is 9. The van der Waals surface area contributed by atoms with Crippen molar-refractivity contribution in [3.8, 4) is 11.6 Å². The minimum Gasteiger partial charge on any atom is -0.305 e. The number of hydrogen-bond acceptors (Lipinski definition) is 8. The molecule has 0 aliphatic heterocycles. The number of rotatable bonds is 4. The van der Waals surface area contributed by atoms with Gasteiger partial charge >= 0.3 is 0 Å². The molecule has 0 unspecified atom stereocenters. The highest BCUT2D eigenvalue weighted by molar-refractivity contribution is 6.02. The summed E-state index contributed by atoms with van der Waals surface area (Å²) in [6.07, 6.45) is 4.21. The van der Waals surface area contributed by atoms with Gasteiger partial charge in [0.2, 0.25) is 0 Å². The number of anilines is 1. The Labute approximate surface area is 153 Å². The van der Waals surface area contributed by atoms with Crippen LogP contribution in [0.3, 0.4) is 0 Å². The number of hydrogen-bond donors (Lipinski definition) is 1. The average molecular weight is 362 g/mol. The predicted molar refractivity (Wildman–Crippen MR) is 93.5 cm³/mol. The molecule has 0 radical (unpaired) electrons. The molecule has 4 aromatic heterocycles. The maximum absolute atomic E-state index is 12.4. The van der Waals surface area contributed by atoms with Crippen molar-refractivity contribution in [2.45, 2.75) is 13.8 Å². The van der Waals surface area contributed by atoms with Gasteiger partial charge in [0.15, 0.2) is 17.3 Å². The van der Waals surface area contributed by atoms with Gasteiger partial charge in [-0.25, -0.2) is 24.3 Å². The predicted octanol–water partition coefficient (Wildman–Crippen LogP) is 0.902. The van der Waals surface area contributed by atoms with Crippen LogP contribution < -0.4 is 5.32 Å². The Kier molecular flexibility index (Phi) is 4.09. The molecule has 0 atom stereocenters. The minimum absolute atomic E-state index is 0.154. The molecule has 0 aliphatic rings. The number of carbonyl (C=O) groups excluding carboxylic acids is 1. The summed E-state index contributed by atoms with van der Waals surface area (Å²) in [5.41, 5.74) is 1.96. The molecule has 0 saturated carbocycles. The topological polar surface area (TPSA) is 129 Å². The molecule has 11 heteroatoms. The summed E-state index contributed by atoms with van der Waals surface area (Å²) in [5, 5.41) is 19.0. The second-order valence-electron chi connectivity index (χ2n) is 5.67. The molecule has 1 amide bonds. The van der Waals surface area contributed by atoms with Gasteiger partial charge in [-0.15, -0.1) is 10.2 Å². The molecule has 0 aliphatic carbocycles. The zero-order valence-electron chi connectivity index (χ0n) is 14.5. The summed E-state index contributed by atoms with van der Waals surface area (Å²) < 4.78 is 3.12. The normalized spacial score (nSPS) is 10.7. The van der Waals surface area contributed by atoms with Crippen LogP contribution in [0.1, 0.15) is 21.9 Å². The molecule has 0 fully saturated rings. The third-order valence-corrected chi connectivity index (χ3v) is 3.66. The zero-order chi connectivity index (χ0) is 18.8. The second-order valence-corrected chi connectivity index (χ2v) is 5.67. The SMILES string of the molecule is Cc1cc(C)n(-c2ccc(C(=O)Nc3cc(-n4cncn4)ncn3)nn2)n1. The van der Waals surface area contributed by atoms with Crippen molar-refractivity contribution in [2.75, 3.05) is 5.32 Å². The Hall–Kier alpha value is -4.02. The molecular weight excluding hydrogens is 348 g/mol. The lowest BCUT2D eigenvalue weighted by Crippen LogP contribution is -2.16. The molecule has 0 spiro atoms. The molecule has 11 nitrogen and oxygen atoms in total. The van der Waals surface area contributed by atoms with Crippen LogP contribution in [0.2, 0.25) is 0 Å². The van der Waals surface area contributed by atoms with Gasteiger partial charge in [-0.1, -0.05) is 0 Å². The maximum atomic E-state index is 12.4. The zero-order valence-corrected chi connectivity index (χ0v) is 14.5. The molecule has 0 bridgehead atoms. The van der Waals surface area contributed by atoms with Crippen molar-refractivity contribution in [3.63, 3.8) is 0 Å². The van der Waals surface area contributed by atoms with Gasteiger partial charge in [-0.2, -0.15) is 10.2 Å². The van der Waals surface area contributed by atoms with Crippen molar-refractivity contribution in [3.05, 3.63) is 60.3 Å². The molecule has 1 N–H and O–H groups in total. The first-order valence-electron chi connectivity index (χ1n) is 7.96. The van der Waals surface area contributed by atoms with Crippen molar-refractivity contribution >= 4 is 11.7 Å². The van der Waals surface area contributed by atoms with Crippen LogP contribution in [0.4, 0.5) is 5.82 Å². The number of nitrogens with zero attached hydrogens (tertiary/aromatic N) is 9. The number of nitrogens with one attached hydrogen (secondary N) is 1. The van der Waals surface area contributed by atoms with E-state index in [4.69, 9.17) is 0 Å². The number of aryl methyl sites for hydroxylation is 2. The Morgan fingerprint density at radius 2 is 1.93 bits per heavy atom. The Morgan fingerprint density at radius 1 is 1.04 bits per heavy atom. The highest BCUT2D eigenvalue weighted by atomic mass is 16.2. The Bertz CT molecular complexity index is 1080. The highest BCUT2D eigenvalue weighted by Gasteiger charge is 2.12. The smallest absolute Gasteiger partial charge is 0.277 e. The summed E-state index contributed by atoms with van der Waals surface area (Å²) in [4.78, 5) is 24.4. The van der Waals surface area contributed by atoms with Crippen molar-refractivity contribution in [2.24, 2.45) is 0 Å². The Balaban J connectivity index is 1.52. The van der Waals surface area contributed by atoms with Gasteiger partial charge in [-0.3, -0.25) is 4.79 Å². The van der Waals surface area contributed by atoms with Gasteiger partial charge in [0.1, 0.15) is 24.8 Å². The van der Waals surface area contributed by atoms with Crippen molar-refractivity contribution in [1.29, 1.82) is 0 Å². The lowest BCUT2D eigenvalue weighted by Gasteiger charge is -2.06. The fraction of sp³-hybridized carbons (Fsp3) is 0.125. The van der Waals surface area contributed by atoms with Gasteiger partial charge < -0.3 is 5.32 Å². The van der Waals surface area contributed by atoms with E-state index in [1.807, 2.05) is 19.9 Å². The molecule has 134 valence electrons. The number of carbonyl (C=O) groups is 1. The van der Waals surface area contributed by atoms with E-state index in [2.05, 4.69) is 40.7 Å². The molecule has 0 aromatic carbocycles. The van der Waals surface area contributed by atoms with Gasteiger partial charge in [0.05, 0.1) is 5.69 Å². The van der Waals surface area contributed by atoms with Crippen molar-refractivity contribution in [1.82, 2.24) is 44.7 Å². The summed E-state index contributed by atoms with van der Waals surface area (Å²) in [7, 11) is 0. The average Bonchev–Trinajstić information content (AvgIpc) is 3.32. The van der Waals surface area contributed by atoms with Crippen LogP contribution in [-0.2, 0) is 0 Å². The largest absolute Gasteiger partial charge is 0.305 e. The summed E-state index contributed by atoms with van der Waals surface area (Å²) in [6, 6.07) is 6.77. The fourth-order valence-electron chi connectivity index (χ4n) is 2.47. The van der Waals surface area contributed by atoms with Crippen LogP contribution in [0.15, 0.2) is 43.2 Å². The van der Waals surface area contributed by atoms with Gasteiger partial charge in [0, 0.05) is 11.8 Å². The molecule has 4 rings (SSSR count). The molecule has 4 heterocycles. The monoisotopic (exact) mass is 362 g/mol. The summed E-state index contributed by atoms with van der Waals surface area (Å²) >= 11 is 0. The molecule has 4 aromatic rings. The third-order valence-electron chi connectivity index (χ3n) is 3.66. The van der Waals surface area contributed by atoms with E-state index in [-0.39, 0.29) is 5.69 Å². The second kappa shape index (κ2) is 6.71. The number of amides is 1. The van der Waals surface area contributed by atoms with Crippen LogP contribution in [0.5, 0.6) is 0 Å². The first-order valence-corrected chi connectivity index (χ1v) is 7.96. The molecule has 27 heavy (non-hydrogen) atoms. The van der Waals surface area contributed by atoms with Crippen molar-refractivity contribution < 1.29 is 4.79 Å². The fourth-order valence-corrected chi connectivity index (χ4v) is 2.47. The molecular formula is C16H14N10O. The maximum Gasteiger partial charge on any atom is 0.277 e. The van der Waals surface area contributed by atoms with E-state index in [0.717, 1.165) is 11.4 Å². The lowest BCUT2D eigenvalue weighted by atomic mass is 10.3. The summed E-state index contributed by atoms with van der Waals surface area (Å²) in [6.45, 7) is 3.82. The van der Waals surface area contributed by atoms with Crippen LogP contribution in [-0.4, -0.2) is 50.6 Å². The third kappa shape index (κ3) is 3.38. The van der Waals surface area contributed by atoms with E-state index in [9.17, 15) is 4.79 Å². The van der Waals surface area contributed by atoms with Crippen LogP contribution in [0, 0.1) is 13.8 Å². The van der Waals surface area contributed by atoms with E-state index < -0.39 is 5.91 Å². The Morgan fingerprint density at radius 3 is 2.59 bits per heavy atom. The lowest BCUT2D eigenvalue weighted by molar-refractivity contribution is 0.102. The van der Waals surface area contributed by atoms with E-state index in [0.29, 0.717) is 17.5 Å². The van der Waals surface area contributed by atoms with Crippen LogP contribution in [0.25, 0.3) is 11.6 Å². The summed E-state index contributed by atoms with van der Waals surface area (Å²) in [5.74, 6) is 0.881.